The van der Waals surface area contributed by atoms with Gasteiger partial charge < -0.3 is 4.74 Å². The number of likely N-dealkylation sites (tertiary alicyclic amines) is 1. The molecule has 0 radical (unpaired) electrons. The number of amides is 3. The van der Waals surface area contributed by atoms with Gasteiger partial charge in [-0.3, -0.25) is 24.5 Å². The first-order valence-corrected chi connectivity index (χ1v) is 9.60. The molecule has 1 heterocycles. The van der Waals surface area contributed by atoms with E-state index >= 15 is 0 Å². The van der Waals surface area contributed by atoms with Crippen molar-refractivity contribution in [1.29, 1.82) is 0 Å². The van der Waals surface area contributed by atoms with E-state index in [-0.39, 0.29) is 5.75 Å². The van der Waals surface area contributed by atoms with Crippen molar-refractivity contribution in [1.82, 2.24) is 10.4 Å². The van der Waals surface area contributed by atoms with E-state index in [0.29, 0.717) is 4.90 Å². The standard InChI is InChI=1S/C16H17F3N2O7S/c1-21-12(22)8-15(9-13(21)23,14(24)20-25)29(26,27)11-4-2-10(3-5-11)28-7-6-16(17,18)19/h2-5,25H,6-9H2,1H3,(H,20,24). The zero-order valence-corrected chi connectivity index (χ0v) is 15.8. The molecule has 1 aliphatic heterocycles. The summed E-state index contributed by atoms with van der Waals surface area (Å²) < 4.78 is 64.9. The molecule has 0 unspecified atom stereocenters. The normalized spacial score (nSPS) is 17.2. The SMILES string of the molecule is CN1C(=O)CC(C(=O)NO)(S(=O)(=O)c2ccc(OCCC(F)(F)F)cc2)CC1=O. The zero-order valence-electron chi connectivity index (χ0n) is 15.0. The molecule has 2 N–H and O–H groups in total. The molecule has 3 amide bonds. The quantitative estimate of drug-likeness (QED) is 0.382. The molecule has 0 aliphatic carbocycles. The van der Waals surface area contributed by atoms with Gasteiger partial charge in [0.15, 0.2) is 14.6 Å². The predicted molar refractivity (Wildman–Crippen MR) is 89.5 cm³/mol. The van der Waals surface area contributed by atoms with Crippen LogP contribution >= 0.6 is 0 Å². The Morgan fingerprint density at radius 3 is 2.17 bits per heavy atom. The fourth-order valence-electron chi connectivity index (χ4n) is 2.73. The molecule has 1 aromatic rings. The molecule has 2 rings (SSSR count). The van der Waals surface area contributed by atoms with Crippen molar-refractivity contribution in [2.75, 3.05) is 13.7 Å². The molecule has 0 spiro atoms. The first kappa shape index (κ1) is 22.6. The molecular formula is C16H17F3N2O7S. The van der Waals surface area contributed by atoms with E-state index in [9.17, 15) is 36.0 Å². The van der Waals surface area contributed by atoms with Crippen molar-refractivity contribution in [2.24, 2.45) is 0 Å². The van der Waals surface area contributed by atoms with E-state index in [0.717, 1.165) is 31.3 Å². The Balaban J connectivity index is 2.34. The molecule has 1 saturated heterocycles. The van der Waals surface area contributed by atoms with Crippen LogP contribution in [0.3, 0.4) is 0 Å². The van der Waals surface area contributed by atoms with Crippen molar-refractivity contribution in [2.45, 2.75) is 35.1 Å². The lowest BCUT2D eigenvalue weighted by Gasteiger charge is -2.36. The summed E-state index contributed by atoms with van der Waals surface area (Å²) in [5.41, 5.74) is 1.19. The lowest BCUT2D eigenvalue weighted by molar-refractivity contribution is -0.152. The summed E-state index contributed by atoms with van der Waals surface area (Å²) in [6.45, 7) is -0.679. The average Bonchev–Trinajstić information content (AvgIpc) is 2.64. The minimum absolute atomic E-state index is 0.0515. The number of carbonyl (C=O) groups is 3. The second kappa shape index (κ2) is 7.99. The predicted octanol–water partition coefficient (Wildman–Crippen LogP) is 0.814. The van der Waals surface area contributed by atoms with E-state index in [1.165, 1.54) is 5.48 Å². The molecule has 0 saturated carbocycles. The molecule has 0 bridgehead atoms. The van der Waals surface area contributed by atoms with E-state index in [1.807, 2.05) is 0 Å². The summed E-state index contributed by atoms with van der Waals surface area (Å²) >= 11 is 0. The Morgan fingerprint density at radius 2 is 1.72 bits per heavy atom. The highest BCUT2D eigenvalue weighted by Crippen LogP contribution is 2.37. The van der Waals surface area contributed by atoms with Crippen LogP contribution in [0, 0.1) is 0 Å². The molecule has 0 atom stereocenters. The molecule has 0 aromatic heterocycles. The maximum atomic E-state index is 13.1. The van der Waals surface area contributed by atoms with Crippen LogP contribution in [0.25, 0.3) is 0 Å². The second-order valence-electron chi connectivity index (χ2n) is 6.32. The lowest BCUT2D eigenvalue weighted by Crippen LogP contribution is -2.60. The summed E-state index contributed by atoms with van der Waals surface area (Å²) in [5.74, 6) is -3.36. The number of nitrogens with zero attached hydrogens (tertiary/aromatic N) is 1. The number of rotatable bonds is 6. The number of benzene rings is 1. The van der Waals surface area contributed by atoms with Crippen LogP contribution < -0.4 is 10.2 Å². The third-order valence-corrected chi connectivity index (χ3v) is 6.84. The molecule has 9 nitrogen and oxygen atoms in total. The van der Waals surface area contributed by atoms with Crippen LogP contribution in [0.15, 0.2) is 29.2 Å². The van der Waals surface area contributed by atoms with Gasteiger partial charge in [-0.25, -0.2) is 13.9 Å². The van der Waals surface area contributed by atoms with E-state index in [4.69, 9.17) is 9.94 Å². The van der Waals surface area contributed by atoms with Gasteiger partial charge in [0.1, 0.15) is 5.75 Å². The van der Waals surface area contributed by atoms with Crippen LogP contribution in [0.5, 0.6) is 5.75 Å². The summed E-state index contributed by atoms with van der Waals surface area (Å²) in [6.07, 6.45) is -7.38. The maximum Gasteiger partial charge on any atom is 0.392 e. The number of piperidine rings is 1. The Kier molecular flexibility index (Phi) is 6.23. The highest BCUT2D eigenvalue weighted by Gasteiger charge is 2.57. The number of alkyl halides is 3. The largest absolute Gasteiger partial charge is 0.493 e. The monoisotopic (exact) mass is 438 g/mol. The van der Waals surface area contributed by atoms with Gasteiger partial charge in [-0.15, -0.1) is 0 Å². The summed E-state index contributed by atoms with van der Waals surface area (Å²) in [7, 11) is -3.53. The third kappa shape index (κ3) is 4.50. The Morgan fingerprint density at radius 1 is 1.21 bits per heavy atom. The first-order chi connectivity index (χ1) is 13.3. The number of nitrogens with one attached hydrogen (secondary N) is 1. The molecule has 1 aromatic carbocycles. The van der Waals surface area contributed by atoms with Crippen molar-refractivity contribution in [3.05, 3.63) is 24.3 Å². The fraction of sp³-hybridized carbons (Fsp3) is 0.438. The molecule has 1 aliphatic rings. The number of hydrogen-bond donors (Lipinski definition) is 2. The van der Waals surface area contributed by atoms with Gasteiger partial charge in [-0.05, 0) is 24.3 Å². The molecular weight excluding hydrogens is 421 g/mol. The number of hydrogen-bond acceptors (Lipinski definition) is 7. The van der Waals surface area contributed by atoms with Crippen LogP contribution in [0.4, 0.5) is 13.2 Å². The number of halogens is 3. The van der Waals surface area contributed by atoms with E-state index < -0.39 is 69.2 Å². The average molecular weight is 438 g/mol. The third-order valence-electron chi connectivity index (χ3n) is 4.44. The molecule has 160 valence electrons. The molecule has 29 heavy (non-hydrogen) atoms. The topological polar surface area (TPSA) is 130 Å². The van der Waals surface area contributed by atoms with Crippen molar-refractivity contribution in [3.63, 3.8) is 0 Å². The first-order valence-electron chi connectivity index (χ1n) is 8.12. The number of ether oxygens (including phenoxy) is 1. The smallest absolute Gasteiger partial charge is 0.392 e. The van der Waals surface area contributed by atoms with Gasteiger partial charge >= 0.3 is 6.18 Å². The van der Waals surface area contributed by atoms with Gasteiger partial charge in [0.25, 0.3) is 5.91 Å². The highest BCUT2D eigenvalue weighted by molar-refractivity contribution is 7.93. The zero-order chi connectivity index (χ0) is 22.0. The number of hydroxylamine groups is 1. The van der Waals surface area contributed by atoms with Crippen LogP contribution in [0.2, 0.25) is 0 Å². The molecule has 1 fully saturated rings. The number of carbonyl (C=O) groups excluding carboxylic acids is 3. The fourth-order valence-corrected chi connectivity index (χ4v) is 4.59. The van der Waals surface area contributed by atoms with E-state index in [1.54, 1.807) is 0 Å². The van der Waals surface area contributed by atoms with Crippen LogP contribution in [-0.4, -0.2) is 60.8 Å². The minimum atomic E-state index is -4.66. The highest BCUT2D eigenvalue weighted by atomic mass is 32.2. The van der Waals surface area contributed by atoms with Gasteiger partial charge in [0.2, 0.25) is 11.8 Å². The van der Waals surface area contributed by atoms with Gasteiger partial charge in [-0.1, -0.05) is 0 Å². The van der Waals surface area contributed by atoms with Gasteiger partial charge in [-0.2, -0.15) is 13.2 Å². The molecule has 13 heteroatoms. The van der Waals surface area contributed by atoms with E-state index in [2.05, 4.69) is 0 Å². The maximum absolute atomic E-state index is 13.1. The summed E-state index contributed by atoms with van der Waals surface area (Å²) in [4.78, 5) is 36.5. The summed E-state index contributed by atoms with van der Waals surface area (Å²) in [5, 5.41) is 9.00. The van der Waals surface area contributed by atoms with Crippen molar-refractivity contribution < 1.29 is 45.9 Å². The minimum Gasteiger partial charge on any atom is -0.493 e. The van der Waals surface area contributed by atoms with Gasteiger partial charge in [0, 0.05) is 7.05 Å². The Hall–Kier alpha value is -2.67. The Bertz CT molecular complexity index is 895. The number of sulfone groups is 1. The summed E-state index contributed by atoms with van der Waals surface area (Å²) in [6, 6.07) is 4.09. The van der Waals surface area contributed by atoms with Crippen molar-refractivity contribution >= 4 is 27.6 Å². The van der Waals surface area contributed by atoms with Crippen LogP contribution in [0.1, 0.15) is 19.3 Å². The lowest BCUT2D eigenvalue weighted by atomic mass is 9.94. The Labute approximate surface area is 163 Å². The number of imide groups is 1. The van der Waals surface area contributed by atoms with Crippen molar-refractivity contribution in [3.8, 4) is 5.75 Å². The second-order valence-corrected chi connectivity index (χ2v) is 8.58. The van der Waals surface area contributed by atoms with Gasteiger partial charge in [0.05, 0.1) is 30.8 Å². The van der Waals surface area contributed by atoms with Crippen LogP contribution in [-0.2, 0) is 24.2 Å².